The van der Waals surface area contributed by atoms with Crippen molar-refractivity contribution in [3.63, 3.8) is 0 Å². The predicted molar refractivity (Wildman–Crippen MR) is 42.7 cm³/mol. The second-order valence-electron chi connectivity index (χ2n) is 2.32. The van der Waals surface area contributed by atoms with Gasteiger partial charge in [-0.25, -0.2) is 18.2 Å². The molecule has 0 spiro atoms. The largest absolute Gasteiger partial charge is 0.345 e. The summed E-state index contributed by atoms with van der Waals surface area (Å²) in [6.45, 7) is 0. The maximum absolute atomic E-state index is 11.0. The van der Waals surface area contributed by atoms with Crippen LogP contribution in [0.1, 0.15) is 5.56 Å². The monoisotopic (exact) mass is 199 g/mol. The number of nitrogens with zero attached hydrogens (tertiary/aromatic N) is 2. The minimum Gasteiger partial charge on any atom is -0.295 e. The van der Waals surface area contributed by atoms with Crippen molar-refractivity contribution in [2.45, 2.75) is 5.03 Å². The Hall–Kier alpha value is -1.68. The third-order valence-corrected chi connectivity index (χ3v) is 2.33. The van der Waals surface area contributed by atoms with Crippen molar-refractivity contribution in [3.8, 4) is 6.07 Å². The average molecular weight is 199 g/mol. The maximum atomic E-state index is 11.0. The predicted octanol–water partition coefficient (Wildman–Crippen LogP) is -0.955. The van der Waals surface area contributed by atoms with Gasteiger partial charge in [0.05, 0.1) is 6.20 Å². The van der Waals surface area contributed by atoms with Gasteiger partial charge in [-0.3, -0.25) is 4.98 Å². The van der Waals surface area contributed by atoms with Crippen LogP contribution in [0.2, 0.25) is 0 Å². The summed E-state index contributed by atoms with van der Waals surface area (Å²) in [4.78, 5) is 15.9. The van der Waals surface area contributed by atoms with E-state index in [9.17, 15) is 13.2 Å². The molecule has 7 heteroatoms. The van der Waals surface area contributed by atoms with E-state index in [-0.39, 0.29) is 5.56 Å². The molecule has 0 aromatic carbocycles. The molecule has 6 nitrogen and oxygen atoms in total. The number of nitriles is 1. The first-order chi connectivity index (χ1) is 5.95. The second kappa shape index (κ2) is 2.99. The summed E-state index contributed by atoms with van der Waals surface area (Å²) < 4.78 is 22.0. The quantitative estimate of drug-likeness (QED) is 0.587. The SMILES string of the molecule is CS(=O)(=O)c1[nH]c(=O)ncc1C#N. The first-order valence-corrected chi connectivity index (χ1v) is 5.04. The lowest BCUT2D eigenvalue weighted by Crippen LogP contribution is -2.16. The minimum absolute atomic E-state index is 0.165. The zero-order valence-electron chi connectivity index (χ0n) is 6.60. The summed E-state index contributed by atoms with van der Waals surface area (Å²) in [6.07, 6.45) is 1.83. The lowest BCUT2D eigenvalue weighted by Gasteiger charge is -1.97. The van der Waals surface area contributed by atoms with Gasteiger partial charge in [-0.2, -0.15) is 5.26 Å². The number of sulfone groups is 1. The van der Waals surface area contributed by atoms with Gasteiger partial charge in [0.2, 0.25) is 0 Å². The van der Waals surface area contributed by atoms with Gasteiger partial charge in [0.1, 0.15) is 11.6 Å². The summed E-state index contributed by atoms with van der Waals surface area (Å²) in [7, 11) is -3.59. The van der Waals surface area contributed by atoms with Crippen molar-refractivity contribution in [1.82, 2.24) is 9.97 Å². The lowest BCUT2D eigenvalue weighted by molar-refractivity contribution is 0.596. The fraction of sp³-hybridized carbons (Fsp3) is 0.167. The molecule has 0 aliphatic heterocycles. The Morgan fingerprint density at radius 2 is 2.23 bits per heavy atom. The van der Waals surface area contributed by atoms with Crippen LogP contribution in [0.3, 0.4) is 0 Å². The molecule has 1 rings (SSSR count). The molecule has 1 N–H and O–H groups in total. The Morgan fingerprint density at radius 3 is 2.69 bits per heavy atom. The minimum atomic E-state index is -3.59. The van der Waals surface area contributed by atoms with Crippen LogP contribution in [0, 0.1) is 11.3 Å². The number of aromatic nitrogens is 2. The summed E-state index contributed by atoms with van der Waals surface area (Å²) in [5.74, 6) is 0. The van der Waals surface area contributed by atoms with Crippen LogP contribution in [0.4, 0.5) is 0 Å². The first-order valence-electron chi connectivity index (χ1n) is 3.14. The molecule has 68 valence electrons. The molecule has 0 aliphatic rings. The molecule has 1 aromatic heterocycles. The Labute approximate surface area is 73.8 Å². The van der Waals surface area contributed by atoms with Gasteiger partial charge in [0, 0.05) is 6.26 Å². The molecule has 0 bridgehead atoms. The molecule has 0 amide bonds. The van der Waals surface area contributed by atoms with E-state index >= 15 is 0 Å². The number of hydrogen-bond donors (Lipinski definition) is 1. The van der Waals surface area contributed by atoms with Gasteiger partial charge in [-0.05, 0) is 0 Å². The van der Waals surface area contributed by atoms with E-state index in [1.807, 2.05) is 4.98 Å². The molecule has 1 aromatic rings. The van der Waals surface area contributed by atoms with Gasteiger partial charge in [-0.1, -0.05) is 0 Å². The van der Waals surface area contributed by atoms with Crippen molar-refractivity contribution in [2.75, 3.05) is 6.26 Å². The van der Waals surface area contributed by atoms with Crippen LogP contribution in [-0.4, -0.2) is 24.6 Å². The van der Waals surface area contributed by atoms with Crippen molar-refractivity contribution >= 4 is 9.84 Å². The summed E-state index contributed by atoms with van der Waals surface area (Å²) in [5.41, 5.74) is -0.957. The van der Waals surface area contributed by atoms with Crippen LogP contribution in [-0.2, 0) is 9.84 Å². The van der Waals surface area contributed by atoms with E-state index in [4.69, 9.17) is 5.26 Å². The summed E-state index contributed by atoms with van der Waals surface area (Å²) >= 11 is 0. The summed E-state index contributed by atoms with van der Waals surface area (Å²) in [5, 5.41) is 8.10. The van der Waals surface area contributed by atoms with Gasteiger partial charge in [-0.15, -0.1) is 0 Å². The highest BCUT2D eigenvalue weighted by atomic mass is 32.2. The van der Waals surface area contributed by atoms with Gasteiger partial charge < -0.3 is 0 Å². The average Bonchev–Trinajstić information content (AvgIpc) is 2.03. The topological polar surface area (TPSA) is 104 Å². The van der Waals surface area contributed by atoms with Crippen LogP contribution in [0.25, 0.3) is 0 Å². The Bertz CT molecular complexity index is 523. The van der Waals surface area contributed by atoms with Crippen LogP contribution in [0.15, 0.2) is 16.0 Å². The molecule has 0 fully saturated rings. The number of H-pyrrole nitrogens is 1. The Kier molecular flexibility index (Phi) is 2.16. The third-order valence-electron chi connectivity index (χ3n) is 1.27. The molecular weight excluding hydrogens is 194 g/mol. The van der Waals surface area contributed by atoms with Gasteiger partial charge in [0.25, 0.3) is 0 Å². The van der Waals surface area contributed by atoms with Crippen molar-refractivity contribution in [3.05, 3.63) is 22.2 Å². The van der Waals surface area contributed by atoms with Crippen LogP contribution < -0.4 is 5.69 Å². The smallest absolute Gasteiger partial charge is 0.295 e. The highest BCUT2D eigenvalue weighted by molar-refractivity contribution is 7.90. The first kappa shape index (κ1) is 9.41. The maximum Gasteiger partial charge on any atom is 0.345 e. The fourth-order valence-corrected chi connectivity index (χ4v) is 1.52. The molecule has 0 aliphatic carbocycles. The zero-order chi connectivity index (χ0) is 10.1. The normalized spacial score (nSPS) is 10.8. The van der Waals surface area contributed by atoms with Crippen LogP contribution >= 0.6 is 0 Å². The van der Waals surface area contributed by atoms with Crippen molar-refractivity contribution < 1.29 is 8.42 Å². The fourth-order valence-electron chi connectivity index (χ4n) is 0.751. The van der Waals surface area contributed by atoms with Crippen LogP contribution in [0.5, 0.6) is 0 Å². The van der Waals surface area contributed by atoms with E-state index in [1.54, 1.807) is 6.07 Å². The second-order valence-corrected chi connectivity index (χ2v) is 4.27. The molecule has 1 heterocycles. The van der Waals surface area contributed by atoms with E-state index in [1.165, 1.54) is 0 Å². The molecule has 0 radical (unpaired) electrons. The molecule has 0 atom stereocenters. The number of rotatable bonds is 1. The Morgan fingerprint density at radius 1 is 1.62 bits per heavy atom. The highest BCUT2D eigenvalue weighted by Gasteiger charge is 2.14. The van der Waals surface area contributed by atoms with E-state index in [0.29, 0.717) is 0 Å². The molecular formula is C6H5N3O3S. The standard InChI is InChI=1S/C6H5N3O3S/c1-13(11,12)5-4(2-7)3-8-6(10)9-5/h3H,1H3,(H,8,9,10). The molecule has 0 saturated carbocycles. The molecule has 0 saturated heterocycles. The molecule has 13 heavy (non-hydrogen) atoms. The van der Waals surface area contributed by atoms with Gasteiger partial charge >= 0.3 is 5.69 Å². The molecule has 0 unspecified atom stereocenters. The number of aromatic amines is 1. The van der Waals surface area contributed by atoms with E-state index in [2.05, 4.69) is 4.98 Å². The van der Waals surface area contributed by atoms with Crippen molar-refractivity contribution in [2.24, 2.45) is 0 Å². The summed E-state index contributed by atoms with van der Waals surface area (Å²) in [6, 6.07) is 1.62. The lowest BCUT2D eigenvalue weighted by atomic mass is 10.4. The zero-order valence-corrected chi connectivity index (χ0v) is 7.42. The number of hydrogen-bond acceptors (Lipinski definition) is 5. The van der Waals surface area contributed by atoms with E-state index in [0.717, 1.165) is 12.5 Å². The highest BCUT2D eigenvalue weighted by Crippen LogP contribution is 2.06. The number of nitrogens with one attached hydrogen (secondary N) is 1. The Balaban J connectivity index is 3.63. The van der Waals surface area contributed by atoms with E-state index < -0.39 is 20.6 Å². The van der Waals surface area contributed by atoms with Crippen molar-refractivity contribution in [1.29, 1.82) is 5.26 Å². The third kappa shape index (κ3) is 1.91. The van der Waals surface area contributed by atoms with Gasteiger partial charge in [0.15, 0.2) is 14.9 Å².